The second-order valence-corrected chi connectivity index (χ2v) is 10.2. The van der Waals surface area contributed by atoms with Crippen molar-refractivity contribution in [3.05, 3.63) is 35.4 Å². The van der Waals surface area contributed by atoms with Crippen molar-refractivity contribution >= 4 is 36.6 Å². The van der Waals surface area contributed by atoms with Crippen molar-refractivity contribution in [2.45, 2.75) is 83.3 Å². The summed E-state index contributed by atoms with van der Waals surface area (Å²) in [6.07, 6.45) is 4.50. The summed E-state index contributed by atoms with van der Waals surface area (Å²) in [7, 11) is 1.74. The molecule has 7 nitrogen and oxygen atoms in total. The molecule has 2 aliphatic heterocycles. The number of carbonyl (C=O) groups is 2. The Balaban J connectivity index is 0.00000204. The normalized spacial score (nSPS) is 28.5. The summed E-state index contributed by atoms with van der Waals surface area (Å²) in [6.45, 7) is 7.42. The van der Waals surface area contributed by atoms with E-state index in [-0.39, 0.29) is 60.4 Å². The maximum atomic E-state index is 13.6. The summed E-state index contributed by atoms with van der Waals surface area (Å²) in [5, 5.41) is 9.67. The Labute approximate surface area is 216 Å². The van der Waals surface area contributed by atoms with E-state index in [1.54, 1.807) is 14.0 Å². The van der Waals surface area contributed by atoms with Gasteiger partial charge in [-0.05, 0) is 56.2 Å². The summed E-state index contributed by atoms with van der Waals surface area (Å²) < 4.78 is 6.12. The molecule has 4 rings (SSSR count). The lowest BCUT2D eigenvalue weighted by Crippen LogP contribution is -2.56. The number of hydrogen-bond donors (Lipinski definition) is 3. The predicted octanol–water partition coefficient (Wildman–Crippen LogP) is 2.96. The van der Waals surface area contributed by atoms with Gasteiger partial charge in [0.1, 0.15) is 12.3 Å². The SMILES string of the molecule is CN[C@@H](C)C(=O)N[C@H]1CCO[C@H]2CC(C)(C)[C@@H](CN[C@@H]3CCCc4ccccc43)N2C1=O.Cl.Cl. The summed E-state index contributed by atoms with van der Waals surface area (Å²) in [6, 6.07) is 8.10. The number of hydrogen-bond acceptors (Lipinski definition) is 5. The molecule has 192 valence electrons. The predicted molar refractivity (Wildman–Crippen MR) is 138 cm³/mol. The number of carbonyl (C=O) groups excluding carboxylic acids is 2. The average Bonchev–Trinajstić information content (AvgIpc) is 2.95. The van der Waals surface area contributed by atoms with Crippen LogP contribution >= 0.6 is 24.8 Å². The molecular formula is C25H40Cl2N4O3. The highest BCUT2D eigenvalue weighted by Crippen LogP contribution is 2.42. The van der Waals surface area contributed by atoms with Gasteiger partial charge < -0.3 is 25.6 Å². The van der Waals surface area contributed by atoms with Gasteiger partial charge in [0, 0.05) is 19.0 Å². The number of halogens is 2. The Bertz CT molecular complexity index is 853. The molecule has 0 aromatic heterocycles. The fourth-order valence-electron chi connectivity index (χ4n) is 5.48. The number of ether oxygens (including phenoxy) is 1. The first kappa shape index (κ1) is 28.9. The first-order chi connectivity index (χ1) is 15.3. The molecule has 0 saturated carbocycles. The highest BCUT2D eigenvalue weighted by atomic mass is 35.5. The molecule has 0 spiro atoms. The molecule has 9 heteroatoms. The molecule has 0 radical (unpaired) electrons. The van der Waals surface area contributed by atoms with Gasteiger partial charge in [0.25, 0.3) is 0 Å². The van der Waals surface area contributed by atoms with E-state index in [9.17, 15) is 9.59 Å². The molecule has 3 aliphatic rings. The molecule has 2 fully saturated rings. The summed E-state index contributed by atoms with van der Waals surface area (Å²) in [5.41, 5.74) is 2.73. The maximum absolute atomic E-state index is 13.6. The maximum Gasteiger partial charge on any atom is 0.247 e. The molecule has 0 bridgehead atoms. The fourth-order valence-corrected chi connectivity index (χ4v) is 5.48. The van der Waals surface area contributed by atoms with Crippen LogP contribution in [0.5, 0.6) is 0 Å². The zero-order valence-electron chi connectivity index (χ0n) is 20.6. The van der Waals surface area contributed by atoms with E-state index in [0.717, 1.165) is 19.3 Å². The molecule has 2 heterocycles. The Morgan fingerprint density at radius 3 is 2.68 bits per heavy atom. The minimum Gasteiger partial charge on any atom is -0.358 e. The number of benzene rings is 1. The van der Waals surface area contributed by atoms with Crippen LogP contribution < -0.4 is 16.0 Å². The molecule has 2 amide bonds. The number of likely N-dealkylation sites (N-methyl/N-ethyl adjacent to an activating group) is 1. The smallest absolute Gasteiger partial charge is 0.247 e. The van der Waals surface area contributed by atoms with E-state index >= 15 is 0 Å². The van der Waals surface area contributed by atoms with E-state index < -0.39 is 6.04 Å². The molecule has 1 aromatic rings. The average molecular weight is 516 g/mol. The van der Waals surface area contributed by atoms with Gasteiger partial charge in [-0.2, -0.15) is 0 Å². The van der Waals surface area contributed by atoms with Crippen molar-refractivity contribution in [1.82, 2.24) is 20.9 Å². The Morgan fingerprint density at radius 1 is 1.21 bits per heavy atom. The van der Waals surface area contributed by atoms with Crippen molar-refractivity contribution in [3.63, 3.8) is 0 Å². The van der Waals surface area contributed by atoms with Crippen molar-refractivity contribution in [3.8, 4) is 0 Å². The first-order valence-electron chi connectivity index (χ1n) is 12.0. The molecule has 1 aromatic carbocycles. The molecule has 34 heavy (non-hydrogen) atoms. The molecule has 1 aliphatic carbocycles. The van der Waals surface area contributed by atoms with Crippen LogP contribution in [0.4, 0.5) is 0 Å². The number of aryl methyl sites for hydroxylation is 1. The minimum absolute atomic E-state index is 0. The molecule has 2 saturated heterocycles. The molecule has 5 atom stereocenters. The second kappa shape index (κ2) is 12.0. The Kier molecular flexibility index (Phi) is 10.2. The number of amides is 2. The van der Waals surface area contributed by atoms with Crippen LogP contribution in [0.2, 0.25) is 0 Å². The Morgan fingerprint density at radius 2 is 1.94 bits per heavy atom. The van der Waals surface area contributed by atoms with Crippen molar-refractivity contribution in [2.75, 3.05) is 20.2 Å². The fraction of sp³-hybridized carbons (Fsp3) is 0.680. The third kappa shape index (κ3) is 5.88. The van der Waals surface area contributed by atoms with Crippen LogP contribution in [-0.2, 0) is 20.7 Å². The molecular weight excluding hydrogens is 475 g/mol. The van der Waals surface area contributed by atoms with E-state index in [4.69, 9.17) is 4.74 Å². The van der Waals surface area contributed by atoms with Crippen LogP contribution in [-0.4, -0.2) is 61.3 Å². The van der Waals surface area contributed by atoms with Crippen LogP contribution in [0.25, 0.3) is 0 Å². The number of nitrogens with zero attached hydrogens (tertiary/aromatic N) is 1. The van der Waals surface area contributed by atoms with E-state index in [0.29, 0.717) is 25.6 Å². The van der Waals surface area contributed by atoms with Crippen LogP contribution in [0.1, 0.15) is 63.6 Å². The van der Waals surface area contributed by atoms with E-state index in [1.165, 1.54) is 17.5 Å². The third-order valence-corrected chi connectivity index (χ3v) is 7.59. The van der Waals surface area contributed by atoms with Gasteiger partial charge in [0.2, 0.25) is 11.8 Å². The largest absolute Gasteiger partial charge is 0.358 e. The lowest BCUT2D eigenvalue weighted by Gasteiger charge is -2.37. The van der Waals surface area contributed by atoms with Crippen LogP contribution in [0.15, 0.2) is 24.3 Å². The van der Waals surface area contributed by atoms with Crippen LogP contribution in [0, 0.1) is 5.41 Å². The quantitative estimate of drug-likeness (QED) is 0.543. The van der Waals surface area contributed by atoms with Crippen molar-refractivity contribution < 1.29 is 14.3 Å². The van der Waals surface area contributed by atoms with Crippen molar-refractivity contribution in [1.29, 1.82) is 0 Å². The lowest BCUT2D eigenvalue weighted by molar-refractivity contribution is -0.144. The zero-order valence-corrected chi connectivity index (χ0v) is 22.3. The summed E-state index contributed by atoms with van der Waals surface area (Å²) in [5.74, 6) is -0.179. The monoisotopic (exact) mass is 514 g/mol. The highest BCUT2D eigenvalue weighted by molar-refractivity contribution is 5.90. The van der Waals surface area contributed by atoms with E-state index in [2.05, 4.69) is 54.1 Å². The lowest BCUT2D eigenvalue weighted by atomic mass is 9.83. The zero-order chi connectivity index (χ0) is 22.9. The first-order valence-corrected chi connectivity index (χ1v) is 12.0. The number of nitrogens with one attached hydrogen (secondary N) is 3. The highest BCUT2D eigenvalue weighted by Gasteiger charge is 2.51. The standard InChI is InChI=1S/C25H38N4O3.2ClH/c1-16(26-4)23(30)28-20-12-13-32-22-14-25(2,3)21(29(22)24(20)31)15-27-19-11-7-9-17-8-5-6-10-18(17)19;;/h5-6,8,10,16,19-22,26-27H,7,9,11-15H2,1-4H3,(H,28,30);2*1H/t16-,19+,20-,21+,22-;;/m0../s1. The molecule has 3 N–H and O–H groups in total. The second-order valence-electron chi connectivity index (χ2n) is 10.2. The summed E-state index contributed by atoms with van der Waals surface area (Å²) in [4.78, 5) is 28.0. The topological polar surface area (TPSA) is 82.7 Å². The van der Waals surface area contributed by atoms with E-state index in [1.807, 2.05) is 4.90 Å². The van der Waals surface area contributed by atoms with Gasteiger partial charge in [-0.15, -0.1) is 24.8 Å². The molecule has 0 unspecified atom stereocenters. The van der Waals surface area contributed by atoms with Gasteiger partial charge in [-0.1, -0.05) is 38.1 Å². The van der Waals surface area contributed by atoms with Gasteiger partial charge in [-0.25, -0.2) is 0 Å². The number of rotatable bonds is 6. The van der Waals surface area contributed by atoms with Gasteiger partial charge in [0.15, 0.2) is 0 Å². The third-order valence-electron chi connectivity index (χ3n) is 7.59. The Hall–Kier alpha value is -1.38. The summed E-state index contributed by atoms with van der Waals surface area (Å²) >= 11 is 0. The van der Waals surface area contributed by atoms with Crippen molar-refractivity contribution in [2.24, 2.45) is 5.41 Å². The number of fused-ring (bicyclic) bond motifs is 2. The van der Waals surface area contributed by atoms with Gasteiger partial charge in [0.05, 0.1) is 18.7 Å². The minimum atomic E-state index is -0.546. The van der Waals surface area contributed by atoms with Gasteiger partial charge >= 0.3 is 0 Å². The van der Waals surface area contributed by atoms with Gasteiger partial charge in [-0.3, -0.25) is 9.59 Å². The van der Waals surface area contributed by atoms with Crippen LogP contribution in [0.3, 0.4) is 0 Å².